The largest absolute Gasteiger partial charge is 0.337 e. The summed E-state index contributed by atoms with van der Waals surface area (Å²) in [5, 5.41) is 3.64. The van der Waals surface area contributed by atoms with E-state index in [1.807, 2.05) is 4.90 Å². The lowest BCUT2D eigenvalue weighted by molar-refractivity contribution is -0.132. The summed E-state index contributed by atoms with van der Waals surface area (Å²) in [5.41, 5.74) is 1.06. The minimum atomic E-state index is 0.102. The normalized spacial score (nSPS) is 20.9. The number of hydrogen-bond donors (Lipinski definition) is 1. The van der Waals surface area contributed by atoms with Crippen LogP contribution >= 0.6 is 11.3 Å². The second-order valence-electron chi connectivity index (χ2n) is 7.41. The number of hydrogen-bond acceptors (Lipinski definition) is 4. The standard InChI is InChI=1S/C18H25N3O2S/c22-16(8-5-12-3-1-2-4-12)21-10-9-14-15(11-21)24-18(19-14)20-17(23)13-6-7-13/h12-13H,1-11H2,(H,19,20,23). The van der Waals surface area contributed by atoms with Crippen molar-refractivity contribution < 1.29 is 9.59 Å². The van der Waals surface area contributed by atoms with E-state index in [4.69, 9.17) is 0 Å². The predicted octanol–water partition coefficient (Wildman–Crippen LogP) is 3.35. The van der Waals surface area contributed by atoms with Gasteiger partial charge in [0, 0.05) is 30.2 Å². The van der Waals surface area contributed by atoms with Crippen LogP contribution in [0.5, 0.6) is 0 Å². The Kier molecular flexibility index (Phi) is 4.57. The number of carbonyl (C=O) groups excluding carboxylic acids is 2. The van der Waals surface area contributed by atoms with Gasteiger partial charge in [0.1, 0.15) is 0 Å². The molecule has 24 heavy (non-hydrogen) atoms. The van der Waals surface area contributed by atoms with Crippen LogP contribution in [0, 0.1) is 11.8 Å². The molecule has 2 amide bonds. The summed E-state index contributed by atoms with van der Waals surface area (Å²) in [6.45, 7) is 1.42. The van der Waals surface area contributed by atoms with Gasteiger partial charge in [0.15, 0.2) is 5.13 Å². The van der Waals surface area contributed by atoms with Crippen LogP contribution < -0.4 is 5.32 Å². The topological polar surface area (TPSA) is 62.3 Å². The maximum Gasteiger partial charge on any atom is 0.229 e. The van der Waals surface area contributed by atoms with Gasteiger partial charge in [0.05, 0.1) is 12.2 Å². The molecule has 2 fully saturated rings. The fourth-order valence-electron chi connectivity index (χ4n) is 3.80. The Labute approximate surface area is 146 Å². The summed E-state index contributed by atoms with van der Waals surface area (Å²) in [4.78, 5) is 32.0. The third-order valence-corrected chi connectivity index (χ3v) is 6.50. The minimum Gasteiger partial charge on any atom is -0.337 e. The van der Waals surface area contributed by atoms with E-state index in [2.05, 4.69) is 10.3 Å². The van der Waals surface area contributed by atoms with Gasteiger partial charge >= 0.3 is 0 Å². The van der Waals surface area contributed by atoms with E-state index in [9.17, 15) is 9.59 Å². The van der Waals surface area contributed by atoms with E-state index in [0.29, 0.717) is 18.1 Å². The van der Waals surface area contributed by atoms with Crippen molar-refractivity contribution in [1.29, 1.82) is 0 Å². The number of amides is 2. The van der Waals surface area contributed by atoms with Crippen LogP contribution in [0.1, 0.15) is 61.9 Å². The first kappa shape index (κ1) is 16.1. The smallest absolute Gasteiger partial charge is 0.229 e. The monoisotopic (exact) mass is 347 g/mol. The second-order valence-corrected chi connectivity index (χ2v) is 8.49. The molecule has 0 unspecified atom stereocenters. The first-order chi connectivity index (χ1) is 11.7. The third kappa shape index (κ3) is 3.63. The highest BCUT2D eigenvalue weighted by molar-refractivity contribution is 7.15. The van der Waals surface area contributed by atoms with Gasteiger partial charge in [0.25, 0.3) is 0 Å². The van der Waals surface area contributed by atoms with Gasteiger partial charge in [-0.15, -0.1) is 0 Å². The number of nitrogens with one attached hydrogen (secondary N) is 1. The molecule has 0 saturated heterocycles. The molecular formula is C18H25N3O2S. The first-order valence-electron chi connectivity index (χ1n) is 9.26. The zero-order valence-electron chi connectivity index (χ0n) is 14.1. The van der Waals surface area contributed by atoms with E-state index in [1.165, 1.54) is 37.0 Å². The van der Waals surface area contributed by atoms with E-state index in [-0.39, 0.29) is 17.7 Å². The molecule has 2 saturated carbocycles. The van der Waals surface area contributed by atoms with Gasteiger partial charge in [-0.05, 0) is 25.2 Å². The van der Waals surface area contributed by atoms with E-state index >= 15 is 0 Å². The Hall–Kier alpha value is -1.43. The van der Waals surface area contributed by atoms with Crippen molar-refractivity contribution in [2.24, 2.45) is 11.8 Å². The van der Waals surface area contributed by atoms with E-state index < -0.39 is 0 Å². The van der Waals surface area contributed by atoms with Crippen molar-refractivity contribution in [2.45, 2.75) is 64.3 Å². The van der Waals surface area contributed by atoms with Crippen LogP contribution in [0.2, 0.25) is 0 Å². The number of aromatic nitrogens is 1. The molecule has 1 aromatic heterocycles. The summed E-state index contributed by atoms with van der Waals surface area (Å²) in [6, 6.07) is 0. The second kappa shape index (κ2) is 6.82. The quantitative estimate of drug-likeness (QED) is 0.888. The Morgan fingerprint density at radius 2 is 2.00 bits per heavy atom. The number of fused-ring (bicyclic) bond motifs is 1. The third-order valence-electron chi connectivity index (χ3n) is 5.50. The molecule has 4 rings (SSSR count). The summed E-state index contributed by atoms with van der Waals surface area (Å²) >= 11 is 1.54. The lowest BCUT2D eigenvalue weighted by Crippen LogP contribution is -2.35. The van der Waals surface area contributed by atoms with Crippen molar-refractivity contribution in [3.63, 3.8) is 0 Å². The molecule has 0 spiro atoms. The van der Waals surface area contributed by atoms with Gasteiger partial charge < -0.3 is 10.2 Å². The summed E-state index contributed by atoms with van der Waals surface area (Å²) in [6.07, 6.45) is 9.81. The SMILES string of the molecule is O=C(Nc1nc2c(s1)CN(C(=O)CCC1CCCC1)CC2)C1CC1. The number of nitrogens with zero attached hydrogens (tertiary/aromatic N) is 2. The van der Waals surface area contributed by atoms with Crippen LogP contribution in [0.25, 0.3) is 0 Å². The molecule has 0 bridgehead atoms. The first-order valence-corrected chi connectivity index (χ1v) is 10.1. The number of carbonyl (C=O) groups is 2. The lowest BCUT2D eigenvalue weighted by Gasteiger charge is -2.26. The van der Waals surface area contributed by atoms with E-state index in [1.54, 1.807) is 0 Å². The molecule has 2 heterocycles. The fourth-order valence-corrected chi connectivity index (χ4v) is 4.83. The molecular weight excluding hydrogens is 322 g/mol. The van der Waals surface area contributed by atoms with Gasteiger partial charge in [0.2, 0.25) is 11.8 Å². The molecule has 130 valence electrons. The molecule has 0 atom stereocenters. The van der Waals surface area contributed by atoms with Crippen LogP contribution in [0.4, 0.5) is 5.13 Å². The van der Waals surface area contributed by atoms with Crippen LogP contribution in [-0.2, 0) is 22.6 Å². The van der Waals surface area contributed by atoms with Gasteiger partial charge in [-0.3, -0.25) is 9.59 Å². The Morgan fingerprint density at radius 1 is 1.21 bits per heavy atom. The summed E-state index contributed by atoms with van der Waals surface area (Å²) in [7, 11) is 0. The van der Waals surface area contributed by atoms with Crippen molar-refractivity contribution in [3.05, 3.63) is 10.6 Å². The molecule has 1 aromatic rings. The highest BCUT2D eigenvalue weighted by atomic mass is 32.1. The van der Waals surface area contributed by atoms with Crippen molar-refractivity contribution in [3.8, 4) is 0 Å². The molecule has 3 aliphatic rings. The average molecular weight is 347 g/mol. The predicted molar refractivity (Wildman–Crippen MR) is 93.8 cm³/mol. The van der Waals surface area contributed by atoms with Gasteiger partial charge in [-0.1, -0.05) is 37.0 Å². The summed E-state index contributed by atoms with van der Waals surface area (Å²) < 4.78 is 0. The average Bonchev–Trinajstić information content (AvgIpc) is 3.16. The molecule has 0 radical (unpaired) electrons. The Balaban J connectivity index is 1.31. The summed E-state index contributed by atoms with van der Waals surface area (Å²) in [5.74, 6) is 1.34. The highest BCUT2D eigenvalue weighted by Gasteiger charge is 2.31. The van der Waals surface area contributed by atoms with Crippen molar-refractivity contribution >= 4 is 28.3 Å². The van der Waals surface area contributed by atoms with E-state index in [0.717, 1.165) is 48.7 Å². The molecule has 6 heteroatoms. The lowest BCUT2D eigenvalue weighted by atomic mass is 10.0. The van der Waals surface area contributed by atoms with Crippen LogP contribution in [-0.4, -0.2) is 28.2 Å². The maximum atomic E-state index is 12.5. The van der Waals surface area contributed by atoms with Crippen LogP contribution in [0.3, 0.4) is 0 Å². The number of anilines is 1. The molecule has 1 N–H and O–H groups in total. The molecule has 0 aromatic carbocycles. The fraction of sp³-hybridized carbons (Fsp3) is 0.722. The Bertz CT molecular complexity index is 632. The van der Waals surface area contributed by atoms with Gasteiger partial charge in [-0.2, -0.15) is 0 Å². The highest BCUT2D eigenvalue weighted by Crippen LogP contribution is 2.33. The minimum absolute atomic E-state index is 0.102. The van der Waals surface area contributed by atoms with Crippen molar-refractivity contribution in [1.82, 2.24) is 9.88 Å². The number of thiazole rings is 1. The zero-order chi connectivity index (χ0) is 16.5. The molecule has 5 nitrogen and oxygen atoms in total. The molecule has 2 aliphatic carbocycles. The van der Waals surface area contributed by atoms with Crippen molar-refractivity contribution in [2.75, 3.05) is 11.9 Å². The number of rotatable bonds is 5. The molecule has 1 aliphatic heterocycles. The van der Waals surface area contributed by atoms with Crippen LogP contribution in [0.15, 0.2) is 0 Å². The maximum absolute atomic E-state index is 12.5. The zero-order valence-corrected chi connectivity index (χ0v) is 14.9. The Morgan fingerprint density at radius 3 is 2.75 bits per heavy atom. The van der Waals surface area contributed by atoms with Gasteiger partial charge in [-0.25, -0.2) is 4.98 Å².